The van der Waals surface area contributed by atoms with Crippen LogP contribution in [-0.2, 0) is 11.3 Å². The molecule has 1 amide bonds. The van der Waals surface area contributed by atoms with E-state index in [1.807, 2.05) is 12.1 Å². The average molecular weight is 349 g/mol. The Morgan fingerprint density at radius 1 is 1.23 bits per heavy atom. The first kappa shape index (κ1) is 17.8. The third-order valence-electron chi connectivity index (χ3n) is 4.32. The van der Waals surface area contributed by atoms with E-state index >= 15 is 0 Å². The van der Waals surface area contributed by atoms with Gasteiger partial charge in [0.05, 0.1) is 6.04 Å². The first-order valence-electron chi connectivity index (χ1n) is 8.72. The van der Waals surface area contributed by atoms with Gasteiger partial charge in [0, 0.05) is 25.4 Å². The lowest BCUT2D eigenvalue weighted by Crippen LogP contribution is -2.30. The molecule has 0 aliphatic carbocycles. The van der Waals surface area contributed by atoms with Crippen molar-refractivity contribution in [2.75, 3.05) is 0 Å². The van der Waals surface area contributed by atoms with Gasteiger partial charge < -0.3 is 5.32 Å². The normalized spacial score (nSPS) is 11.9. The fourth-order valence-electron chi connectivity index (χ4n) is 3.02. The molecule has 1 atom stereocenters. The highest BCUT2D eigenvalue weighted by Crippen LogP contribution is 2.25. The molecule has 0 aliphatic heterocycles. The molecule has 0 spiro atoms. The van der Waals surface area contributed by atoms with Crippen molar-refractivity contribution in [3.05, 3.63) is 77.6 Å². The van der Waals surface area contributed by atoms with Crippen molar-refractivity contribution in [2.24, 2.45) is 0 Å². The monoisotopic (exact) mass is 349 g/mol. The molecule has 0 fully saturated rings. The fourth-order valence-corrected chi connectivity index (χ4v) is 3.02. The molecule has 1 aromatic carbocycles. The Morgan fingerprint density at radius 2 is 2.12 bits per heavy atom. The summed E-state index contributed by atoms with van der Waals surface area (Å²) in [5.74, 6) is 0.0129. The summed E-state index contributed by atoms with van der Waals surface area (Å²) in [6.45, 7) is 4.82. The van der Waals surface area contributed by atoms with Crippen LogP contribution in [-0.4, -0.2) is 25.7 Å². The van der Waals surface area contributed by atoms with Gasteiger partial charge in [0.1, 0.15) is 12.7 Å². The second-order valence-corrected chi connectivity index (χ2v) is 6.41. The molecule has 0 radical (unpaired) electrons. The van der Waals surface area contributed by atoms with E-state index < -0.39 is 0 Å². The summed E-state index contributed by atoms with van der Waals surface area (Å²) in [4.78, 5) is 20.7. The van der Waals surface area contributed by atoms with E-state index in [2.05, 4.69) is 52.4 Å². The van der Waals surface area contributed by atoms with Crippen molar-refractivity contribution in [1.82, 2.24) is 25.1 Å². The van der Waals surface area contributed by atoms with Crippen LogP contribution in [0.2, 0.25) is 0 Å². The highest BCUT2D eigenvalue weighted by Gasteiger charge is 2.18. The SMILES string of the molecule is Cc1ccc(C(NC(=O)CCCn2cncn2)c2cccnc2)c(C)c1. The molecule has 0 bridgehead atoms. The number of aryl methyl sites for hydroxylation is 3. The quantitative estimate of drug-likeness (QED) is 0.712. The van der Waals surface area contributed by atoms with Crippen LogP contribution >= 0.6 is 0 Å². The summed E-state index contributed by atoms with van der Waals surface area (Å²) in [5, 5.41) is 7.22. The Hall–Kier alpha value is -3.02. The second kappa shape index (κ2) is 8.38. The summed E-state index contributed by atoms with van der Waals surface area (Å²) in [6.07, 6.45) is 7.84. The molecule has 6 heteroatoms. The number of rotatable bonds is 7. The van der Waals surface area contributed by atoms with Crippen molar-refractivity contribution in [1.29, 1.82) is 0 Å². The van der Waals surface area contributed by atoms with E-state index in [-0.39, 0.29) is 11.9 Å². The average Bonchev–Trinajstić information content (AvgIpc) is 3.14. The summed E-state index contributed by atoms with van der Waals surface area (Å²) >= 11 is 0. The Morgan fingerprint density at radius 3 is 2.81 bits per heavy atom. The minimum atomic E-state index is -0.205. The van der Waals surface area contributed by atoms with Gasteiger partial charge in [0.15, 0.2) is 0 Å². The summed E-state index contributed by atoms with van der Waals surface area (Å²) in [7, 11) is 0. The number of hydrogen-bond acceptors (Lipinski definition) is 4. The van der Waals surface area contributed by atoms with Crippen molar-refractivity contribution < 1.29 is 4.79 Å². The Balaban J connectivity index is 1.72. The number of amides is 1. The second-order valence-electron chi connectivity index (χ2n) is 6.41. The number of pyridine rings is 1. The van der Waals surface area contributed by atoms with Gasteiger partial charge in [0.25, 0.3) is 0 Å². The predicted molar refractivity (Wildman–Crippen MR) is 99.4 cm³/mol. The summed E-state index contributed by atoms with van der Waals surface area (Å²) in [6, 6.07) is 9.97. The topological polar surface area (TPSA) is 72.7 Å². The summed E-state index contributed by atoms with van der Waals surface area (Å²) in [5.41, 5.74) is 4.43. The van der Waals surface area contributed by atoms with Crippen molar-refractivity contribution in [2.45, 2.75) is 39.3 Å². The molecule has 1 unspecified atom stereocenters. The van der Waals surface area contributed by atoms with Gasteiger partial charge in [-0.2, -0.15) is 5.10 Å². The molecule has 2 aromatic heterocycles. The lowest BCUT2D eigenvalue weighted by molar-refractivity contribution is -0.121. The van der Waals surface area contributed by atoms with E-state index in [9.17, 15) is 4.79 Å². The minimum Gasteiger partial charge on any atom is -0.345 e. The zero-order chi connectivity index (χ0) is 18.4. The molecular formula is C20H23N5O. The molecule has 2 heterocycles. The van der Waals surface area contributed by atoms with Crippen molar-refractivity contribution >= 4 is 5.91 Å². The first-order chi connectivity index (χ1) is 12.6. The van der Waals surface area contributed by atoms with Gasteiger partial charge in [-0.15, -0.1) is 0 Å². The minimum absolute atomic E-state index is 0.0129. The molecule has 26 heavy (non-hydrogen) atoms. The Bertz CT molecular complexity index is 846. The van der Waals surface area contributed by atoms with Gasteiger partial charge in [0.2, 0.25) is 5.91 Å². The lowest BCUT2D eigenvalue weighted by Gasteiger charge is -2.22. The van der Waals surface area contributed by atoms with Crippen LogP contribution < -0.4 is 5.32 Å². The number of nitrogens with zero attached hydrogens (tertiary/aromatic N) is 4. The molecule has 6 nitrogen and oxygen atoms in total. The summed E-state index contributed by atoms with van der Waals surface area (Å²) < 4.78 is 1.73. The molecule has 134 valence electrons. The van der Waals surface area contributed by atoms with E-state index in [1.165, 1.54) is 11.9 Å². The Kier molecular flexibility index (Phi) is 5.73. The smallest absolute Gasteiger partial charge is 0.220 e. The number of hydrogen-bond donors (Lipinski definition) is 1. The van der Waals surface area contributed by atoms with Gasteiger partial charge >= 0.3 is 0 Å². The van der Waals surface area contributed by atoms with Crippen LogP contribution in [0.25, 0.3) is 0 Å². The molecule has 0 saturated carbocycles. The Labute approximate surface area is 153 Å². The molecule has 0 aliphatic rings. The van der Waals surface area contributed by atoms with Crippen LogP contribution in [0.1, 0.15) is 41.1 Å². The number of carbonyl (C=O) groups is 1. The van der Waals surface area contributed by atoms with Crippen molar-refractivity contribution in [3.8, 4) is 0 Å². The number of nitrogens with one attached hydrogen (secondary N) is 1. The van der Waals surface area contributed by atoms with Crippen molar-refractivity contribution in [3.63, 3.8) is 0 Å². The van der Waals surface area contributed by atoms with Crippen LogP contribution in [0.15, 0.2) is 55.4 Å². The predicted octanol–water partition coefficient (Wildman–Crippen LogP) is 2.98. The van der Waals surface area contributed by atoms with E-state index in [0.717, 1.165) is 16.7 Å². The van der Waals surface area contributed by atoms with Crippen LogP contribution in [0.3, 0.4) is 0 Å². The van der Waals surface area contributed by atoms with Crippen LogP contribution in [0.5, 0.6) is 0 Å². The molecular weight excluding hydrogens is 326 g/mol. The van der Waals surface area contributed by atoms with Gasteiger partial charge in [-0.3, -0.25) is 14.5 Å². The number of carbonyl (C=O) groups excluding carboxylic acids is 1. The van der Waals surface area contributed by atoms with Gasteiger partial charge in [-0.05, 0) is 43.0 Å². The molecule has 0 saturated heterocycles. The maximum atomic E-state index is 12.5. The maximum Gasteiger partial charge on any atom is 0.220 e. The largest absolute Gasteiger partial charge is 0.345 e. The maximum absolute atomic E-state index is 12.5. The van der Waals surface area contributed by atoms with Gasteiger partial charge in [-0.25, -0.2) is 4.98 Å². The number of benzene rings is 1. The molecule has 3 aromatic rings. The van der Waals surface area contributed by atoms with Crippen LogP contribution in [0, 0.1) is 13.8 Å². The molecule has 1 N–H and O–H groups in total. The van der Waals surface area contributed by atoms with Gasteiger partial charge in [-0.1, -0.05) is 29.8 Å². The molecule has 3 rings (SSSR count). The van der Waals surface area contributed by atoms with E-state index in [0.29, 0.717) is 19.4 Å². The lowest BCUT2D eigenvalue weighted by atomic mass is 9.94. The first-order valence-corrected chi connectivity index (χ1v) is 8.72. The van der Waals surface area contributed by atoms with E-state index in [4.69, 9.17) is 0 Å². The highest BCUT2D eigenvalue weighted by atomic mass is 16.1. The van der Waals surface area contributed by atoms with Crippen LogP contribution in [0.4, 0.5) is 0 Å². The zero-order valence-corrected chi connectivity index (χ0v) is 15.1. The fraction of sp³-hybridized carbons (Fsp3) is 0.300. The standard InChI is InChI=1S/C20H23N5O/c1-15-7-8-18(16(2)11-15)20(17-5-3-9-21-12-17)24-19(26)6-4-10-25-14-22-13-23-25/h3,5,7-9,11-14,20H,4,6,10H2,1-2H3,(H,24,26). The zero-order valence-electron chi connectivity index (χ0n) is 15.1. The highest BCUT2D eigenvalue weighted by molar-refractivity contribution is 5.77. The third kappa shape index (κ3) is 4.53. The number of aromatic nitrogens is 4. The van der Waals surface area contributed by atoms with E-state index in [1.54, 1.807) is 23.4 Å². The third-order valence-corrected chi connectivity index (χ3v) is 4.32.